The van der Waals surface area contributed by atoms with Crippen molar-refractivity contribution in [3.8, 4) is 0 Å². The molecule has 1 aromatic carbocycles. The maximum atomic E-state index is 13.1. The minimum atomic E-state index is -0.882. The molecule has 1 rings (SSSR count). The Morgan fingerprint density at radius 2 is 1.88 bits per heavy atom. The van der Waals surface area contributed by atoms with Crippen LogP contribution >= 0.6 is 11.6 Å². The van der Waals surface area contributed by atoms with Crippen molar-refractivity contribution in [1.29, 1.82) is 0 Å². The second kappa shape index (κ2) is 4.92. The van der Waals surface area contributed by atoms with Crippen molar-refractivity contribution in [2.75, 3.05) is 0 Å². The summed E-state index contributed by atoms with van der Waals surface area (Å²) in [7, 11) is 0. The molecular formula is C13H19ClFNO. The summed E-state index contributed by atoms with van der Waals surface area (Å²) in [6.07, 6.45) is 0. The first-order valence-corrected chi connectivity index (χ1v) is 5.92. The Morgan fingerprint density at radius 1 is 1.29 bits per heavy atom. The third-order valence-corrected chi connectivity index (χ3v) is 3.63. The third-order valence-electron chi connectivity index (χ3n) is 3.26. The van der Waals surface area contributed by atoms with E-state index in [4.69, 9.17) is 11.6 Å². The summed E-state index contributed by atoms with van der Waals surface area (Å²) < 4.78 is 13.1. The molecule has 0 aliphatic carbocycles. The van der Waals surface area contributed by atoms with Gasteiger partial charge in [-0.15, -0.1) is 0 Å². The number of benzene rings is 1. The molecule has 1 aromatic rings. The van der Waals surface area contributed by atoms with Crippen molar-refractivity contribution in [1.82, 2.24) is 5.32 Å². The van der Waals surface area contributed by atoms with Crippen LogP contribution in [-0.2, 0) is 6.54 Å². The summed E-state index contributed by atoms with van der Waals surface area (Å²) in [6.45, 7) is 7.65. The maximum Gasteiger partial charge on any atom is 0.123 e. The van der Waals surface area contributed by atoms with E-state index in [2.05, 4.69) is 5.32 Å². The molecule has 0 fully saturated rings. The van der Waals surface area contributed by atoms with Gasteiger partial charge in [0.1, 0.15) is 5.82 Å². The van der Waals surface area contributed by atoms with Gasteiger partial charge in [0.25, 0.3) is 0 Å². The summed E-state index contributed by atoms with van der Waals surface area (Å²) in [5.41, 5.74) is -0.695. The molecule has 0 aromatic heterocycles. The molecule has 17 heavy (non-hydrogen) atoms. The van der Waals surface area contributed by atoms with Crippen molar-refractivity contribution in [2.24, 2.45) is 0 Å². The first-order valence-electron chi connectivity index (χ1n) is 5.55. The molecule has 96 valence electrons. The first kappa shape index (κ1) is 14.4. The lowest BCUT2D eigenvalue weighted by atomic mass is 9.86. The molecule has 0 spiro atoms. The van der Waals surface area contributed by atoms with Gasteiger partial charge in [-0.3, -0.25) is 0 Å². The van der Waals surface area contributed by atoms with Crippen molar-refractivity contribution in [3.63, 3.8) is 0 Å². The first-order chi connectivity index (χ1) is 7.63. The number of hydrogen-bond donors (Lipinski definition) is 2. The van der Waals surface area contributed by atoms with Crippen molar-refractivity contribution >= 4 is 11.6 Å². The molecule has 0 aliphatic rings. The lowest BCUT2D eigenvalue weighted by molar-refractivity contribution is -0.00532. The molecule has 0 amide bonds. The Hall–Kier alpha value is -0.640. The van der Waals surface area contributed by atoms with Crippen LogP contribution < -0.4 is 5.32 Å². The van der Waals surface area contributed by atoms with E-state index in [1.54, 1.807) is 13.8 Å². The van der Waals surface area contributed by atoms with Crippen LogP contribution in [-0.4, -0.2) is 16.2 Å². The predicted molar refractivity (Wildman–Crippen MR) is 68.6 cm³/mol. The van der Waals surface area contributed by atoms with Gasteiger partial charge in [-0.1, -0.05) is 11.6 Å². The zero-order valence-electron chi connectivity index (χ0n) is 10.6. The molecule has 0 unspecified atom stereocenters. The van der Waals surface area contributed by atoms with E-state index in [-0.39, 0.29) is 5.82 Å². The molecule has 0 bridgehead atoms. The number of aliphatic hydroxyl groups is 1. The number of halogens is 2. The molecule has 0 heterocycles. The summed E-state index contributed by atoms with van der Waals surface area (Å²) in [4.78, 5) is 0. The Kier molecular flexibility index (Phi) is 4.18. The summed E-state index contributed by atoms with van der Waals surface area (Å²) in [5, 5.41) is 13.7. The minimum Gasteiger partial charge on any atom is -0.389 e. The van der Waals surface area contributed by atoms with Crippen LogP contribution in [0.25, 0.3) is 0 Å². The SMILES string of the molecule is CC(C)(O)C(C)(C)NCc1cc(F)ccc1Cl. The van der Waals surface area contributed by atoms with Crippen molar-refractivity contribution in [2.45, 2.75) is 45.4 Å². The molecule has 0 saturated heterocycles. The highest BCUT2D eigenvalue weighted by Gasteiger charge is 2.34. The van der Waals surface area contributed by atoms with Crippen LogP contribution in [0.4, 0.5) is 4.39 Å². The number of rotatable bonds is 4. The molecular weight excluding hydrogens is 241 g/mol. The Morgan fingerprint density at radius 3 is 2.41 bits per heavy atom. The van der Waals surface area contributed by atoms with Crippen LogP contribution in [0.15, 0.2) is 18.2 Å². The molecule has 2 N–H and O–H groups in total. The van der Waals surface area contributed by atoms with Gasteiger partial charge in [0.05, 0.1) is 5.60 Å². The van der Waals surface area contributed by atoms with Crippen LogP contribution in [0.3, 0.4) is 0 Å². The molecule has 0 saturated carbocycles. The van der Waals surface area contributed by atoms with Gasteiger partial charge >= 0.3 is 0 Å². The lowest BCUT2D eigenvalue weighted by Gasteiger charge is -2.38. The monoisotopic (exact) mass is 259 g/mol. The zero-order valence-corrected chi connectivity index (χ0v) is 11.4. The van der Waals surface area contributed by atoms with Gasteiger partial charge in [-0.05, 0) is 51.5 Å². The van der Waals surface area contributed by atoms with Crippen LogP contribution in [0.2, 0.25) is 5.02 Å². The van der Waals surface area contributed by atoms with E-state index in [0.29, 0.717) is 17.1 Å². The van der Waals surface area contributed by atoms with E-state index in [0.717, 1.165) is 0 Å². The number of hydrogen-bond acceptors (Lipinski definition) is 2. The van der Waals surface area contributed by atoms with Crippen molar-refractivity contribution < 1.29 is 9.50 Å². The van der Waals surface area contributed by atoms with E-state index >= 15 is 0 Å². The summed E-state index contributed by atoms with van der Waals surface area (Å²) in [5.74, 6) is -0.313. The number of nitrogens with one attached hydrogen (secondary N) is 1. The Bertz CT molecular complexity index is 399. The van der Waals surface area contributed by atoms with Gasteiger partial charge in [-0.25, -0.2) is 4.39 Å². The van der Waals surface area contributed by atoms with Crippen LogP contribution in [0, 0.1) is 5.82 Å². The fourth-order valence-electron chi connectivity index (χ4n) is 1.21. The summed E-state index contributed by atoms with van der Waals surface area (Å²) >= 11 is 5.97. The Labute approximate surface area is 107 Å². The molecule has 2 nitrogen and oxygen atoms in total. The van der Waals surface area contributed by atoms with Gasteiger partial charge in [0.2, 0.25) is 0 Å². The standard InChI is InChI=1S/C13H19ClFNO/c1-12(2,13(3,4)17)16-8-9-7-10(15)5-6-11(9)14/h5-7,16-17H,8H2,1-4H3. The minimum absolute atomic E-state index is 0.313. The van der Waals surface area contributed by atoms with Gasteiger partial charge in [0, 0.05) is 17.1 Å². The molecule has 4 heteroatoms. The van der Waals surface area contributed by atoms with Gasteiger partial charge in [0.15, 0.2) is 0 Å². The summed E-state index contributed by atoms with van der Waals surface area (Å²) in [6, 6.07) is 4.26. The predicted octanol–water partition coefficient (Wildman–Crippen LogP) is 3.12. The highest BCUT2D eigenvalue weighted by molar-refractivity contribution is 6.31. The maximum absolute atomic E-state index is 13.1. The van der Waals surface area contributed by atoms with E-state index in [1.807, 2.05) is 13.8 Å². The third kappa shape index (κ3) is 3.66. The van der Waals surface area contributed by atoms with E-state index < -0.39 is 11.1 Å². The normalized spacial score (nSPS) is 12.9. The molecule has 0 radical (unpaired) electrons. The van der Waals surface area contributed by atoms with Crippen molar-refractivity contribution in [3.05, 3.63) is 34.6 Å². The average Bonchev–Trinajstić information content (AvgIpc) is 2.18. The topological polar surface area (TPSA) is 32.3 Å². The fourth-order valence-corrected chi connectivity index (χ4v) is 1.40. The van der Waals surface area contributed by atoms with E-state index in [1.165, 1.54) is 18.2 Å². The largest absolute Gasteiger partial charge is 0.389 e. The highest BCUT2D eigenvalue weighted by Crippen LogP contribution is 2.23. The van der Waals surface area contributed by atoms with Crippen LogP contribution in [0.1, 0.15) is 33.3 Å². The smallest absolute Gasteiger partial charge is 0.123 e. The zero-order chi connectivity index (χ0) is 13.3. The second-order valence-corrected chi connectivity index (χ2v) is 5.68. The lowest BCUT2D eigenvalue weighted by Crippen LogP contribution is -2.55. The van der Waals surface area contributed by atoms with Gasteiger partial charge in [-0.2, -0.15) is 0 Å². The fraction of sp³-hybridized carbons (Fsp3) is 0.538. The molecule has 0 atom stereocenters. The van der Waals surface area contributed by atoms with E-state index in [9.17, 15) is 9.50 Å². The molecule has 0 aliphatic heterocycles. The highest BCUT2D eigenvalue weighted by atomic mass is 35.5. The average molecular weight is 260 g/mol. The van der Waals surface area contributed by atoms with Gasteiger partial charge < -0.3 is 10.4 Å². The van der Waals surface area contributed by atoms with Crippen LogP contribution in [0.5, 0.6) is 0 Å². The second-order valence-electron chi connectivity index (χ2n) is 5.27. The Balaban J connectivity index is 2.77. The quantitative estimate of drug-likeness (QED) is 0.871.